The van der Waals surface area contributed by atoms with Crippen molar-refractivity contribution >= 4 is 34.4 Å². The molecule has 0 amide bonds. The van der Waals surface area contributed by atoms with Crippen molar-refractivity contribution in [3.8, 4) is 0 Å². The van der Waals surface area contributed by atoms with Gasteiger partial charge in [-0.15, -0.1) is 0 Å². The summed E-state index contributed by atoms with van der Waals surface area (Å²) in [4.78, 5) is 11.6. The van der Waals surface area contributed by atoms with Gasteiger partial charge in [0.1, 0.15) is 5.82 Å². The van der Waals surface area contributed by atoms with Gasteiger partial charge in [-0.25, -0.2) is 4.98 Å². The third-order valence-electron chi connectivity index (χ3n) is 5.86. The van der Waals surface area contributed by atoms with Gasteiger partial charge in [-0.2, -0.15) is 16.7 Å². The van der Waals surface area contributed by atoms with E-state index in [1.165, 1.54) is 18.4 Å². The van der Waals surface area contributed by atoms with E-state index in [1.54, 1.807) is 0 Å². The fourth-order valence-corrected chi connectivity index (χ4v) is 5.02. The summed E-state index contributed by atoms with van der Waals surface area (Å²) in [6, 6.07) is 20.0. The highest BCUT2D eigenvalue weighted by atomic mass is 32.2. The zero-order valence-corrected chi connectivity index (χ0v) is 19.4. The predicted molar refractivity (Wildman–Crippen MR) is 134 cm³/mol. The minimum Gasteiger partial charge on any atom is -0.362 e. The molecule has 6 heteroatoms. The van der Waals surface area contributed by atoms with Crippen molar-refractivity contribution in [3.63, 3.8) is 0 Å². The van der Waals surface area contributed by atoms with Crippen LogP contribution < -0.4 is 15.5 Å². The molecule has 2 N–H and O–H groups in total. The number of rotatable bonds is 9. The first kappa shape index (κ1) is 21.9. The Kier molecular flexibility index (Phi) is 7.65. The molecule has 1 heterocycles. The van der Waals surface area contributed by atoms with Gasteiger partial charge in [0.05, 0.1) is 5.52 Å². The van der Waals surface area contributed by atoms with E-state index in [0.29, 0.717) is 12.1 Å². The van der Waals surface area contributed by atoms with E-state index in [2.05, 4.69) is 58.0 Å². The van der Waals surface area contributed by atoms with Gasteiger partial charge >= 0.3 is 0 Å². The van der Waals surface area contributed by atoms with Crippen molar-refractivity contribution < 1.29 is 0 Å². The first-order valence-electron chi connectivity index (χ1n) is 11.2. The lowest BCUT2D eigenvalue weighted by Crippen LogP contribution is -2.38. The monoisotopic (exact) mass is 435 g/mol. The number of para-hydroxylation sites is 1. The molecule has 1 aliphatic carbocycles. The molecule has 0 spiro atoms. The molecule has 31 heavy (non-hydrogen) atoms. The van der Waals surface area contributed by atoms with Crippen LogP contribution in [-0.2, 0) is 5.75 Å². The smallest absolute Gasteiger partial charge is 0.225 e. The van der Waals surface area contributed by atoms with Crippen LogP contribution in [0.1, 0.15) is 31.2 Å². The van der Waals surface area contributed by atoms with Crippen LogP contribution >= 0.6 is 11.8 Å². The highest BCUT2D eigenvalue weighted by molar-refractivity contribution is 7.98. The largest absolute Gasteiger partial charge is 0.362 e. The van der Waals surface area contributed by atoms with E-state index in [4.69, 9.17) is 9.97 Å². The zero-order valence-electron chi connectivity index (χ0n) is 18.6. The fraction of sp³-hybridized carbons (Fsp3) is 0.440. The number of nitrogens with one attached hydrogen (secondary N) is 2. The number of nitrogens with zero attached hydrogens (tertiary/aromatic N) is 3. The Balaban J connectivity index is 1.21. The molecule has 1 aromatic heterocycles. The van der Waals surface area contributed by atoms with Crippen molar-refractivity contribution in [2.24, 2.45) is 0 Å². The summed E-state index contributed by atoms with van der Waals surface area (Å²) in [7, 11) is 4.07. The Labute approximate surface area is 190 Å². The molecule has 0 saturated heterocycles. The molecule has 1 saturated carbocycles. The van der Waals surface area contributed by atoms with Crippen LogP contribution in [0.3, 0.4) is 0 Å². The summed E-state index contributed by atoms with van der Waals surface area (Å²) in [5, 5.41) is 8.45. The van der Waals surface area contributed by atoms with Crippen LogP contribution in [0.15, 0.2) is 54.6 Å². The number of benzene rings is 2. The summed E-state index contributed by atoms with van der Waals surface area (Å²) < 4.78 is 0. The molecule has 2 aromatic carbocycles. The predicted octanol–water partition coefficient (Wildman–Crippen LogP) is 4.94. The second-order valence-corrected chi connectivity index (χ2v) is 9.57. The lowest BCUT2D eigenvalue weighted by molar-refractivity contribution is 0.359. The molecule has 0 bridgehead atoms. The van der Waals surface area contributed by atoms with Crippen molar-refractivity contribution in [2.45, 2.75) is 43.5 Å². The maximum Gasteiger partial charge on any atom is 0.225 e. The minimum atomic E-state index is 0.446. The molecule has 164 valence electrons. The van der Waals surface area contributed by atoms with Crippen LogP contribution in [0.25, 0.3) is 10.9 Å². The number of hydrogen-bond acceptors (Lipinski definition) is 6. The molecule has 0 atom stereocenters. The normalized spacial score (nSPS) is 18.8. The Morgan fingerprint density at radius 2 is 1.61 bits per heavy atom. The Hall–Kier alpha value is -2.31. The third kappa shape index (κ3) is 6.11. The van der Waals surface area contributed by atoms with Gasteiger partial charge in [-0.3, -0.25) is 0 Å². The quantitative estimate of drug-likeness (QED) is 0.464. The lowest BCUT2D eigenvalue weighted by Gasteiger charge is -2.30. The van der Waals surface area contributed by atoms with E-state index in [-0.39, 0.29) is 0 Å². The Bertz CT molecular complexity index is 955. The average molecular weight is 436 g/mol. The second-order valence-electron chi connectivity index (χ2n) is 8.47. The first-order chi connectivity index (χ1) is 15.2. The fourth-order valence-electron chi connectivity index (χ4n) is 4.19. The van der Waals surface area contributed by atoms with Crippen LogP contribution in [-0.4, -0.2) is 48.4 Å². The molecule has 1 fully saturated rings. The lowest BCUT2D eigenvalue weighted by atomic mass is 9.91. The standard InChI is InChI=1S/C25H33N5S/c1-30(2)24-22-10-6-7-11-23(22)28-25(29-24)27-21-14-12-20(13-15-21)26-16-17-31-18-19-8-4-3-5-9-19/h3-11,20-21,26H,12-18H2,1-2H3,(H,27,28,29)/t20-,21+. The summed E-state index contributed by atoms with van der Waals surface area (Å²) in [6.45, 7) is 1.08. The van der Waals surface area contributed by atoms with Gasteiger partial charge in [0.25, 0.3) is 0 Å². The maximum absolute atomic E-state index is 4.79. The summed E-state index contributed by atoms with van der Waals surface area (Å²) in [5.74, 6) is 3.97. The van der Waals surface area contributed by atoms with Gasteiger partial charge in [0, 0.05) is 49.6 Å². The molecule has 0 radical (unpaired) electrons. The molecule has 3 aromatic rings. The van der Waals surface area contributed by atoms with Gasteiger partial charge < -0.3 is 15.5 Å². The Morgan fingerprint density at radius 1 is 0.903 bits per heavy atom. The van der Waals surface area contributed by atoms with Gasteiger partial charge in [-0.05, 0) is 43.4 Å². The summed E-state index contributed by atoms with van der Waals surface area (Å²) in [5.41, 5.74) is 2.40. The topological polar surface area (TPSA) is 53.1 Å². The summed E-state index contributed by atoms with van der Waals surface area (Å²) in [6.07, 6.45) is 4.72. The molecular formula is C25H33N5S. The second kappa shape index (κ2) is 10.8. The van der Waals surface area contributed by atoms with E-state index < -0.39 is 0 Å². The highest BCUT2D eigenvalue weighted by Gasteiger charge is 2.21. The maximum atomic E-state index is 4.79. The number of fused-ring (bicyclic) bond motifs is 1. The SMILES string of the molecule is CN(C)c1nc(N[C@H]2CC[C@@H](NCCSCc3ccccc3)CC2)nc2ccccc12. The van der Waals surface area contributed by atoms with Crippen LogP contribution in [0.5, 0.6) is 0 Å². The number of anilines is 2. The van der Waals surface area contributed by atoms with Gasteiger partial charge in [-0.1, -0.05) is 42.5 Å². The number of hydrogen-bond donors (Lipinski definition) is 2. The zero-order chi connectivity index (χ0) is 21.5. The molecule has 0 aliphatic heterocycles. The van der Waals surface area contributed by atoms with Crippen molar-refractivity contribution in [2.75, 3.05) is 36.6 Å². The first-order valence-corrected chi connectivity index (χ1v) is 12.4. The van der Waals surface area contributed by atoms with E-state index in [9.17, 15) is 0 Å². The van der Waals surface area contributed by atoms with Crippen LogP contribution in [0.2, 0.25) is 0 Å². The highest BCUT2D eigenvalue weighted by Crippen LogP contribution is 2.26. The van der Waals surface area contributed by atoms with Crippen molar-refractivity contribution in [3.05, 3.63) is 60.2 Å². The molecule has 5 nitrogen and oxygen atoms in total. The number of thioether (sulfide) groups is 1. The molecule has 4 rings (SSSR count). The molecule has 1 aliphatic rings. The molecule has 0 unspecified atom stereocenters. The molecular weight excluding hydrogens is 402 g/mol. The van der Waals surface area contributed by atoms with Crippen LogP contribution in [0.4, 0.5) is 11.8 Å². The van der Waals surface area contributed by atoms with E-state index in [1.807, 2.05) is 38.0 Å². The van der Waals surface area contributed by atoms with E-state index >= 15 is 0 Å². The van der Waals surface area contributed by atoms with Gasteiger partial charge in [0.15, 0.2) is 0 Å². The third-order valence-corrected chi connectivity index (χ3v) is 6.89. The van der Waals surface area contributed by atoms with Crippen molar-refractivity contribution in [1.29, 1.82) is 0 Å². The average Bonchev–Trinajstić information content (AvgIpc) is 2.80. The Morgan fingerprint density at radius 3 is 2.39 bits per heavy atom. The minimum absolute atomic E-state index is 0.446. The number of aromatic nitrogens is 2. The van der Waals surface area contributed by atoms with E-state index in [0.717, 1.165) is 53.6 Å². The van der Waals surface area contributed by atoms with Crippen molar-refractivity contribution in [1.82, 2.24) is 15.3 Å². The van der Waals surface area contributed by atoms with Crippen LogP contribution in [0, 0.1) is 0 Å². The van der Waals surface area contributed by atoms with Gasteiger partial charge in [0.2, 0.25) is 5.95 Å². The summed E-state index contributed by atoms with van der Waals surface area (Å²) >= 11 is 2.01.